The lowest BCUT2D eigenvalue weighted by Crippen LogP contribution is -2.02. The van der Waals surface area contributed by atoms with Crippen LogP contribution in [0.1, 0.15) is 10.4 Å². The summed E-state index contributed by atoms with van der Waals surface area (Å²) in [5.41, 5.74) is 3.30. The molecule has 2 aromatic heterocycles. The molecular formula is C17H11Cl2N3O2. The average Bonchev–Trinajstić information content (AvgIpc) is 3.16. The Labute approximate surface area is 146 Å². The number of fused-ring (bicyclic) bond motifs is 2. The minimum atomic E-state index is -0.484. The molecular weight excluding hydrogens is 349 g/mol. The van der Waals surface area contributed by atoms with Crippen LogP contribution < -0.4 is 0 Å². The van der Waals surface area contributed by atoms with Crippen LogP contribution in [0.15, 0.2) is 36.5 Å². The molecule has 0 bridgehead atoms. The predicted molar refractivity (Wildman–Crippen MR) is 94.7 cm³/mol. The molecule has 0 aliphatic rings. The highest BCUT2D eigenvalue weighted by atomic mass is 35.5. The summed E-state index contributed by atoms with van der Waals surface area (Å²) in [6.07, 6.45) is 1.85. The highest BCUT2D eigenvalue weighted by Crippen LogP contribution is 2.32. The lowest BCUT2D eigenvalue weighted by Gasteiger charge is -2.00. The number of aromatic amines is 2. The second-order valence-electron chi connectivity index (χ2n) is 5.32. The van der Waals surface area contributed by atoms with E-state index in [0.717, 1.165) is 16.5 Å². The molecule has 0 amide bonds. The zero-order valence-electron chi connectivity index (χ0n) is 12.5. The van der Waals surface area contributed by atoms with Gasteiger partial charge >= 0.3 is 5.97 Å². The summed E-state index contributed by atoms with van der Waals surface area (Å²) in [7, 11) is 1.32. The van der Waals surface area contributed by atoms with Gasteiger partial charge in [0.05, 0.1) is 18.2 Å². The number of halogens is 2. The van der Waals surface area contributed by atoms with E-state index in [9.17, 15) is 4.79 Å². The first-order valence-corrected chi connectivity index (χ1v) is 7.87. The Morgan fingerprint density at radius 1 is 1.12 bits per heavy atom. The number of benzene rings is 2. The molecule has 0 saturated carbocycles. The van der Waals surface area contributed by atoms with Crippen LogP contribution in [-0.2, 0) is 4.74 Å². The summed E-state index contributed by atoms with van der Waals surface area (Å²) in [5, 5.41) is 2.00. The van der Waals surface area contributed by atoms with E-state index >= 15 is 0 Å². The van der Waals surface area contributed by atoms with Crippen molar-refractivity contribution in [1.29, 1.82) is 0 Å². The van der Waals surface area contributed by atoms with Crippen molar-refractivity contribution < 1.29 is 9.53 Å². The molecule has 0 unspecified atom stereocenters. The van der Waals surface area contributed by atoms with Crippen molar-refractivity contribution in [2.45, 2.75) is 0 Å². The maximum Gasteiger partial charge on any atom is 0.340 e. The van der Waals surface area contributed by atoms with E-state index in [2.05, 4.69) is 15.0 Å². The second-order valence-corrected chi connectivity index (χ2v) is 6.19. The van der Waals surface area contributed by atoms with Gasteiger partial charge in [0.1, 0.15) is 11.3 Å². The summed E-state index contributed by atoms with van der Waals surface area (Å²) in [6.45, 7) is 0. The molecule has 0 spiro atoms. The number of H-pyrrole nitrogens is 2. The van der Waals surface area contributed by atoms with Crippen LogP contribution >= 0.6 is 23.2 Å². The van der Waals surface area contributed by atoms with Gasteiger partial charge in [-0.3, -0.25) is 0 Å². The lowest BCUT2D eigenvalue weighted by atomic mass is 10.1. The first-order chi connectivity index (χ1) is 11.6. The van der Waals surface area contributed by atoms with Gasteiger partial charge in [-0.2, -0.15) is 0 Å². The molecule has 2 heterocycles. The van der Waals surface area contributed by atoms with Crippen molar-refractivity contribution in [2.75, 3.05) is 7.11 Å². The fraction of sp³-hybridized carbons (Fsp3) is 0.0588. The molecule has 4 rings (SSSR count). The molecule has 4 aromatic rings. The van der Waals surface area contributed by atoms with Crippen LogP contribution in [0.2, 0.25) is 10.0 Å². The topological polar surface area (TPSA) is 70.8 Å². The van der Waals surface area contributed by atoms with E-state index < -0.39 is 5.97 Å². The first kappa shape index (κ1) is 15.1. The molecule has 0 aliphatic heterocycles. The van der Waals surface area contributed by atoms with Gasteiger partial charge < -0.3 is 14.7 Å². The van der Waals surface area contributed by atoms with Crippen LogP contribution in [0, 0.1) is 0 Å². The van der Waals surface area contributed by atoms with Crippen molar-refractivity contribution in [3.05, 3.63) is 52.1 Å². The normalized spacial score (nSPS) is 11.3. The number of aromatic nitrogens is 3. The van der Waals surface area contributed by atoms with Crippen molar-refractivity contribution >= 4 is 51.1 Å². The van der Waals surface area contributed by atoms with Gasteiger partial charge in [0.2, 0.25) is 0 Å². The van der Waals surface area contributed by atoms with E-state index in [1.807, 2.05) is 24.4 Å². The zero-order chi connectivity index (χ0) is 16.8. The van der Waals surface area contributed by atoms with Crippen molar-refractivity contribution in [3.8, 4) is 11.4 Å². The van der Waals surface area contributed by atoms with Crippen LogP contribution in [0.25, 0.3) is 33.3 Å². The molecule has 7 heteroatoms. The summed E-state index contributed by atoms with van der Waals surface area (Å²) in [5.74, 6) is 0.133. The Morgan fingerprint density at radius 2 is 1.96 bits per heavy atom. The van der Waals surface area contributed by atoms with E-state index in [1.54, 1.807) is 12.1 Å². The number of carbonyl (C=O) groups is 1. The first-order valence-electron chi connectivity index (χ1n) is 7.11. The van der Waals surface area contributed by atoms with Crippen molar-refractivity contribution in [2.24, 2.45) is 0 Å². The number of methoxy groups -OCH3 is 1. The van der Waals surface area contributed by atoms with Crippen molar-refractivity contribution in [1.82, 2.24) is 15.0 Å². The van der Waals surface area contributed by atoms with Crippen LogP contribution in [0.5, 0.6) is 0 Å². The fourth-order valence-corrected chi connectivity index (χ4v) is 3.15. The molecule has 0 atom stereocenters. The molecule has 120 valence electrons. The molecule has 0 saturated heterocycles. The van der Waals surface area contributed by atoms with E-state index in [-0.39, 0.29) is 0 Å². The smallest absolute Gasteiger partial charge is 0.340 e. The summed E-state index contributed by atoms with van der Waals surface area (Å²) >= 11 is 12.2. The third kappa shape index (κ3) is 2.33. The van der Waals surface area contributed by atoms with Crippen molar-refractivity contribution in [3.63, 3.8) is 0 Å². The number of carbonyl (C=O) groups excluding carboxylic acids is 1. The largest absolute Gasteiger partial charge is 0.465 e. The van der Waals surface area contributed by atoms with Gasteiger partial charge in [-0.05, 0) is 30.3 Å². The maximum atomic E-state index is 12.0. The molecule has 0 fully saturated rings. The van der Waals surface area contributed by atoms with E-state index in [4.69, 9.17) is 27.9 Å². The highest BCUT2D eigenvalue weighted by Gasteiger charge is 2.18. The Bertz CT molecular complexity index is 1100. The monoisotopic (exact) mass is 359 g/mol. The van der Waals surface area contributed by atoms with Crippen LogP contribution in [0.4, 0.5) is 0 Å². The Balaban J connectivity index is 1.97. The average molecular weight is 360 g/mol. The van der Waals surface area contributed by atoms with E-state index in [1.165, 1.54) is 7.11 Å². The maximum absolute atomic E-state index is 12.0. The minimum Gasteiger partial charge on any atom is -0.465 e. The van der Waals surface area contributed by atoms with Crippen LogP contribution in [0.3, 0.4) is 0 Å². The third-order valence-electron chi connectivity index (χ3n) is 3.86. The standard InChI is InChI=1S/C17H11Cl2N3O2/c1-24-17(23)11-5-9(19)6-14-15(11)22-16(21-14)12-7-20-13-3-2-8(18)4-10(12)13/h2-7,20H,1H3,(H,21,22). The van der Waals surface area contributed by atoms with Gasteiger partial charge in [0.25, 0.3) is 0 Å². The van der Waals surface area contributed by atoms with E-state index in [0.29, 0.717) is 32.5 Å². The number of hydrogen-bond donors (Lipinski definition) is 2. The molecule has 2 N–H and O–H groups in total. The number of ether oxygens (including phenoxy) is 1. The summed E-state index contributed by atoms with van der Waals surface area (Å²) < 4.78 is 4.81. The summed E-state index contributed by atoms with van der Waals surface area (Å²) in [4.78, 5) is 22.9. The Morgan fingerprint density at radius 3 is 2.75 bits per heavy atom. The van der Waals surface area contributed by atoms with Gasteiger partial charge in [0, 0.05) is 32.7 Å². The zero-order valence-corrected chi connectivity index (χ0v) is 14.0. The number of imidazole rings is 1. The molecule has 0 radical (unpaired) electrons. The predicted octanol–water partition coefficient (Wildman–Crippen LogP) is 4.80. The lowest BCUT2D eigenvalue weighted by molar-refractivity contribution is 0.0603. The summed E-state index contributed by atoms with van der Waals surface area (Å²) in [6, 6.07) is 8.86. The number of rotatable bonds is 2. The minimum absolute atomic E-state index is 0.320. The Kier molecular flexibility index (Phi) is 3.48. The van der Waals surface area contributed by atoms with Gasteiger partial charge in [0.15, 0.2) is 0 Å². The second kappa shape index (κ2) is 5.54. The molecule has 0 aliphatic carbocycles. The number of hydrogen-bond acceptors (Lipinski definition) is 3. The van der Waals surface area contributed by atoms with Gasteiger partial charge in [-0.15, -0.1) is 0 Å². The van der Waals surface area contributed by atoms with Crippen LogP contribution in [-0.4, -0.2) is 28.0 Å². The highest BCUT2D eigenvalue weighted by molar-refractivity contribution is 6.32. The van der Waals surface area contributed by atoms with Gasteiger partial charge in [-0.1, -0.05) is 23.2 Å². The number of esters is 1. The SMILES string of the molecule is COC(=O)c1cc(Cl)cc2[nH]c(-c3c[nH]c4ccc(Cl)cc34)nc12. The molecule has 2 aromatic carbocycles. The number of nitrogens with one attached hydrogen (secondary N) is 2. The Hall–Kier alpha value is -2.50. The molecule has 24 heavy (non-hydrogen) atoms. The third-order valence-corrected chi connectivity index (χ3v) is 4.31. The fourth-order valence-electron chi connectivity index (χ4n) is 2.76. The quantitative estimate of drug-likeness (QED) is 0.504. The molecule has 5 nitrogen and oxygen atoms in total. The number of nitrogens with zero attached hydrogens (tertiary/aromatic N) is 1. The van der Waals surface area contributed by atoms with Gasteiger partial charge in [-0.25, -0.2) is 9.78 Å².